The molecular weight excluding hydrogens is 404 g/mol. The Labute approximate surface area is 185 Å². The van der Waals surface area contributed by atoms with E-state index in [2.05, 4.69) is 36.2 Å². The van der Waals surface area contributed by atoms with E-state index in [-0.39, 0.29) is 11.7 Å². The molecular formula is C24H24N6O2. The number of aromatic nitrogens is 4. The Hall–Kier alpha value is -3.78. The molecule has 1 fully saturated rings. The average Bonchev–Trinajstić information content (AvgIpc) is 3.28. The summed E-state index contributed by atoms with van der Waals surface area (Å²) in [7, 11) is 0. The minimum absolute atomic E-state index is 0.161. The zero-order valence-corrected chi connectivity index (χ0v) is 17.6. The third kappa shape index (κ3) is 4.31. The summed E-state index contributed by atoms with van der Waals surface area (Å²) >= 11 is 0. The fraction of sp³-hybridized carbons (Fsp3) is 0.250. The van der Waals surface area contributed by atoms with Crippen LogP contribution >= 0.6 is 0 Å². The first-order valence-corrected chi connectivity index (χ1v) is 10.7. The van der Waals surface area contributed by atoms with Gasteiger partial charge < -0.3 is 19.9 Å². The van der Waals surface area contributed by atoms with Crippen LogP contribution in [0.5, 0.6) is 0 Å². The van der Waals surface area contributed by atoms with E-state index in [9.17, 15) is 4.79 Å². The summed E-state index contributed by atoms with van der Waals surface area (Å²) in [5, 5.41) is 3.88. The van der Waals surface area contributed by atoms with E-state index in [1.165, 1.54) is 5.56 Å². The van der Waals surface area contributed by atoms with Crippen LogP contribution in [0.3, 0.4) is 0 Å². The van der Waals surface area contributed by atoms with Crippen LogP contribution in [0.15, 0.2) is 61.2 Å². The maximum Gasteiger partial charge on any atom is 0.289 e. The number of H-pyrrole nitrogens is 1. The smallest absolute Gasteiger partial charge is 0.289 e. The number of rotatable bonds is 6. The molecule has 8 heteroatoms. The molecule has 32 heavy (non-hydrogen) atoms. The number of benzene rings is 1. The van der Waals surface area contributed by atoms with Crippen molar-refractivity contribution in [1.82, 2.24) is 25.3 Å². The van der Waals surface area contributed by atoms with Crippen LogP contribution in [0.2, 0.25) is 0 Å². The van der Waals surface area contributed by atoms with E-state index in [0.717, 1.165) is 60.6 Å². The Morgan fingerprint density at radius 2 is 1.84 bits per heavy atom. The summed E-state index contributed by atoms with van der Waals surface area (Å²) in [4.78, 5) is 31.0. The average molecular weight is 428 g/mol. The first kappa shape index (κ1) is 20.1. The van der Waals surface area contributed by atoms with Gasteiger partial charge in [0.05, 0.1) is 25.1 Å². The number of nitrogens with zero attached hydrogens (tertiary/aromatic N) is 4. The Balaban J connectivity index is 1.29. The number of hydrogen-bond acceptors (Lipinski definition) is 6. The highest BCUT2D eigenvalue weighted by Gasteiger charge is 2.15. The SMILES string of the molecule is O=C(NCCc1ccccc1)c1ncc(-c2c[nH]c3ncc(N4CCOCC4)cc23)cn1. The van der Waals surface area contributed by atoms with Gasteiger partial charge in [-0.05, 0) is 18.1 Å². The monoisotopic (exact) mass is 428 g/mol. The number of nitrogens with one attached hydrogen (secondary N) is 2. The Morgan fingerprint density at radius 3 is 2.62 bits per heavy atom. The number of fused-ring (bicyclic) bond motifs is 1. The van der Waals surface area contributed by atoms with E-state index in [0.29, 0.717) is 6.54 Å². The standard InChI is InChI=1S/C24H24N6O2/c31-24(25-7-6-17-4-2-1-3-5-17)23-26-13-18(14-27-23)21-16-29-22-20(21)12-19(15-28-22)30-8-10-32-11-9-30/h1-5,12-16H,6-11H2,(H,25,31)(H,28,29). The van der Waals surface area contributed by atoms with E-state index in [1.54, 1.807) is 12.4 Å². The van der Waals surface area contributed by atoms with Gasteiger partial charge in [0, 0.05) is 54.7 Å². The van der Waals surface area contributed by atoms with Gasteiger partial charge in [0.1, 0.15) is 5.65 Å². The molecule has 1 saturated heterocycles. The highest BCUT2D eigenvalue weighted by Crippen LogP contribution is 2.30. The third-order valence-corrected chi connectivity index (χ3v) is 5.60. The van der Waals surface area contributed by atoms with Gasteiger partial charge in [-0.15, -0.1) is 0 Å². The van der Waals surface area contributed by atoms with Crippen molar-refractivity contribution in [2.24, 2.45) is 0 Å². The number of carbonyl (C=O) groups is 1. The molecule has 0 unspecified atom stereocenters. The first-order chi connectivity index (χ1) is 15.8. The lowest BCUT2D eigenvalue weighted by molar-refractivity contribution is 0.0943. The van der Waals surface area contributed by atoms with Crippen molar-refractivity contribution in [3.05, 3.63) is 72.6 Å². The molecule has 0 saturated carbocycles. The predicted octanol–water partition coefficient (Wildman–Crippen LogP) is 2.83. The van der Waals surface area contributed by atoms with Crippen LogP contribution in [0.25, 0.3) is 22.2 Å². The zero-order chi connectivity index (χ0) is 21.8. The fourth-order valence-corrected chi connectivity index (χ4v) is 3.85. The second-order valence-electron chi connectivity index (χ2n) is 7.68. The lowest BCUT2D eigenvalue weighted by atomic mass is 10.1. The van der Waals surface area contributed by atoms with Gasteiger partial charge in [0.15, 0.2) is 0 Å². The molecule has 0 radical (unpaired) electrons. The molecule has 0 spiro atoms. The minimum Gasteiger partial charge on any atom is -0.378 e. The molecule has 8 nitrogen and oxygen atoms in total. The molecule has 4 aromatic rings. The highest BCUT2D eigenvalue weighted by molar-refractivity contribution is 5.95. The molecule has 3 aromatic heterocycles. The number of morpholine rings is 1. The van der Waals surface area contributed by atoms with Gasteiger partial charge in [-0.1, -0.05) is 30.3 Å². The normalized spacial score (nSPS) is 13.9. The molecule has 1 aliphatic rings. The number of aromatic amines is 1. The second kappa shape index (κ2) is 9.15. The number of ether oxygens (including phenoxy) is 1. The van der Waals surface area contributed by atoms with Gasteiger partial charge >= 0.3 is 0 Å². The van der Waals surface area contributed by atoms with Crippen molar-refractivity contribution in [3.63, 3.8) is 0 Å². The largest absolute Gasteiger partial charge is 0.378 e. The summed E-state index contributed by atoms with van der Waals surface area (Å²) in [6.07, 6.45) is 7.91. The molecule has 162 valence electrons. The Bertz CT molecular complexity index is 1200. The minimum atomic E-state index is -0.275. The Kier molecular flexibility index (Phi) is 5.76. The summed E-state index contributed by atoms with van der Waals surface area (Å²) in [6, 6.07) is 12.2. The molecule has 2 N–H and O–H groups in total. The van der Waals surface area contributed by atoms with E-state index in [4.69, 9.17) is 4.74 Å². The van der Waals surface area contributed by atoms with E-state index >= 15 is 0 Å². The van der Waals surface area contributed by atoms with Gasteiger partial charge in [-0.3, -0.25) is 4.79 Å². The molecule has 1 amide bonds. The summed E-state index contributed by atoms with van der Waals surface area (Å²) in [6.45, 7) is 3.68. The van der Waals surface area contributed by atoms with Crippen molar-refractivity contribution in [2.45, 2.75) is 6.42 Å². The first-order valence-electron chi connectivity index (χ1n) is 10.7. The fourth-order valence-electron chi connectivity index (χ4n) is 3.85. The van der Waals surface area contributed by atoms with E-state index in [1.807, 2.05) is 42.7 Å². The van der Waals surface area contributed by atoms with Crippen molar-refractivity contribution in [2.75, 3.05) is 37.7 Å². The zero-order valence-electron chi connectivity index (χ0n) is 17.6. The van der Waals surface area contributed by atoms with Crippen LogP contribution < -0.4 is 10.2 Å². The number of amides is 1. The number of pyridine rings is 1. The van der Waals surface area contributed by atoms with Crippen LogP contribution in [0.1, 0.15) is 16.2 Å². The topological polar surface area (TPSA) is 96.0 Å². The van der Waals surface area contributed by atoms with Gasteiger partial charge in [0.25, 0.3) is 5.91 Å². The van der Waals surface area contributed by atoms with Gasteiger partial charge in [-0.25, -0.2) is 15.0 Å². The second-order valence-corrected chi connectivity index (χ2v) is 7.68. The molecule has 1 aromatic carbocycles. The summed E-state index contributed by atoms with van der Waals surface area (Å²) < 4.78 is 5.45. The third-order valence-electron chi connectivity index (χ3n) is 5.60. The maximum atomic E-state index is 12.4. The van der Waals surface area contributed by atoms with Crippen LogP contribution in [0, 0.1) is 0 Å². The molecule has 0 bridgehead atoms. The van der Waals surface area contributed by atoms with Gasteiger partial charge in [-0.2, -0.15) is 0 Å². The van der Waals surface area contributed by atoms with Crippen LogP contribution in [-0.2, 0) is 11.2 Å². The van der Waals surface area contributed by atoms with Crippen LogP contribution in [0.4, 0.5) is 5.69 Å². The lowest BCUT2D eigenvalue weighted by Crippen LogP contribution is -2.36. The summed E-state index contributed by atoms with van der Waals surface area (Å²) in [5.74, 6) is -0.114. The number of anilines is 1. The molecule has 0 aliphatic carbocycles. The molecule has 0 atom stereocenters. The maximum absolute atomic E-state index is 12.4. The number of hydrogen-bond donors (Lipinski definition) is 2. The van der Waals surface area contributed by atoms with Gasteiger partial charge in [0.2, 0.25) is 5.82 Å². The highest BCUT2D eigenvalue weighted by atomic mass is 16.5. The van der Waals surface area contributed by atoms with Crippen molar-refractivity contribution >= 4 is 22.6 Å². The van der Waals surface area contributed by atoms with Crippen molar-refractivity contribution in [3.8, 4) is 11.1 Å². The van der Waals surface area contributed by atoms with Crippen molar-refractivity contribution in [1.29, 1.82) is 0 Å². The van der Waals surface area contributed by atoms with Crippen molar-refractivity contribution < 1.29 is 9.53 Å². The number of carbonyl (C=O) groups excluding carboxylic acids is 1. The van der Waals surface area contributed by atoms with E-state index < -0.39 is 0 Å². The Morgan fingerprint density at radius 1 is 1.06 bits per heavy atom. The predicted molar refractivity (Wildman–Crippen MR) is 123 cm³/mol. The van der Waals surface area contributed by atoms with Crippen LogP contribution in [-0.4, -0.2) is 58.7 Å². The molecule has 4 heterocycles. The summed E-state index contributed by atoms with van der Waals surface area (Å²) in [5.41, 5.74) is 4.84. The molecule has 1 aliphatic heterocycles. The molecule has 5 rings (SSSR count). The quantitative estimate of drug-likeness (QED) is 0.490. The lowest BCUT2D eigenvalue weighted by Gasteiger charge is -2.28.